The highest BCUT2D eigenvalue weighted by molar-refractivity contribution is 5.98. The molecule has 1 atom stereocenters. The van der Waals surface area contributed by atoms with Gasteiger partial charge in [-0.05, 0) is 50.1 Å². The fourth-order valence-corrected chi connectivity index (χ4v) is 2.87. The molecule has 0 radical (unpaired) electrons. The largest absolute Gasteiger partial charge is 0.358 e. The molecule has 5 nitrogen and oxygen atoms in total. The number of carbonyl (C=O) groups is 1. The van der Waals surface area contributed by atoms with Crippen molar-refractivity contribution in [2.45, 2.75) is 25.3 Å². The molecule has 1 aliphatic rings. The van der Waals surface area contributed by atoms with Crippen molar-refractivity contribution in [3.63, 3.8) is 0 Å². The number of hydrogen-bond donors (Lipinski definition) is 4. The number of rotatable bonds is 2. The number of benzene rings is 1. The first kappa shape index (κ1) is 12.2. The lowest BCUT2D eigenvalue weighted by Crippen LogP contribution is -2.31. The Kier molecular flexibility index (Phi) is 3.00. The lowest BCUT2D eigenvalue weighted by molar-refractivity contribution is 0.0706. The van der Waals surface area contributed by atoms with Crippen molar-refractivity contribution >= 4 is 16.8 Å². The topological polar surface area (TPSA) is 77.2 Å². The monoisotopic (exact) mass is 259 g/mol. The molecule has 0 saturated carbocycles. The molecule has 1 aromatic heterocycles. The molecule has 4 N–H and O–H groups in total. The van der Waals surface area contributed by atoms with Crippen LogP contribution in [0.5, 0.6) is 0 Å². The summed E-state index contributed by atoms with van der Waals surface area (Å²) < 4.78 is 0. The Balaban J connectivity index is 2.09. The zero-order valence-corrected chi connectivity index (χ0v) is 10.8. The van der Waals surface area contributed by atoms with E-state index in [0.29, 0.717) is 11.6 Å². The Hall–Kier alpha value is -1.85. The molecule has 0 saturated heterocycles. The number of H-pyrrole nitrogens is 1. The summed E-state index contributed by atoms with van der Waals surface area (Å²) in [6.07, 6.45) is 3.12. The van der Waals surface area contributed by atoms with Gasteiger partial charge in [-0.2, -0.15) is 0 Å². The van der Waals surface area contributed by atoms with Crippen LogP contribution in [0.2, 0.25) is 0 Å². The van der Waals surface area contributed by atoms with E-state index in [1.165, 1.54) is 11.3 Å². The first-order valence-corrected chi connectivity index (χ1v) is 6.48. The Morgan fingerprint density at radius 3 is 3.05 bits per heavy atom. The van der Waals surface area contributed by atoms with Crippen LogP contribution in [0.1, 0.15) is 28.0 Å². The molecule has 1 aromatic carbocycles. The van der Waals surface area contributed by atoms with Gasteiger partial charge in [-0.1, -0.05) is 0 Å². The van der Waals surface area contributed by atoms with E-state index in [1.807, 2.05) is 19.2 Å². The summed E-state index contributed by atoms with van der Waals surface area (Å²) in [5.41, 5.74) is 5.76. The molecule has 1 amide bonds. The van der Waals surface area contributed by atoms with Crippen molar-refractivity contribution in [2.75, 3.05) is 7.05 Å². The van der Waals surface area contributed by atoms with Crippen molar-refractivity contribution in [2.24, 2.45) is 0 Å². The van der Waals surface area contributed by atoms with Gasteiger partial charge >= 0.3 is 0 Å². The highest BCUT2D eigenvalue weighted by atomic mass is 16.5. The summed E-state index contributed by atoms with van der Waals surface area (Å²) in [5, 5.41) is 13.1. The number of aromatic nitrogens is 1. The van der Waals surface area contributed by atoms with Gasteiger partial charge in [-0.3, -0.25) is 10.0 Å². The van der Waals surface area contributed by atoms with Crippen LogP contribution in [0.15, 0.2) is 18.2 Å². The van der Waals surface area contributed by atoms with E-state index in [2.05, 4.69) is 10.3 Å². The van der Waals surface area contributed by atoms with Gasteiger partial charge in [0.2, 0.25) is 0 Å². The number of likely N-dealkylation sites (N-methyl/N-ethyl adjacent to an activating group) is 1. The molecule has 0 spiro atoms. The summed E-state index contributed by atoms with van der Waals surface area (Å²) in [4.78, 5) is 14.9. The highest BCUT2D eigenvalue weighted by Gasteiger charge is 2.21. The second-order valence-electron chi connectivity index (χ2n) is 5.01. The first-order valence-electron chi connectivity index (χ1n) is 6.48. The zero-order chi connectivity index (χ0) is 13.4. The molecular formula is C14H17N3O2. The minimum absolute atomic E-state index is 0.474. The molecule has 0 aliphatic heterocycles. The SMILES string of the molecule is CN[C@H]1CCc2[nH]c3ccc(C(=O)NO)cc3c2C1. The molecule has 1 heterocycles. The van der Waals surface area contributed by atoms with E-state index in [0.717, 1.165) is 30.2 Å². The van der Waals surface area contributed by atoms with Gasteiger partial charge in [0.1, 0.15) is 0 Å². The minimum atomic E-state index is -0.474. The summed E-state index contributed by atoms with van der Waals surface area (Å²) in [7, 11) is 1.98. The predicted octanol–water partition coefficient (Wildman–Crippen LogP) is 1.36. The number of aromatic amines is 1. The number of fused-ring (bicyclic) bond motifs is 3. The van der Waals surface area contributed by atoms with E-state index < -0.39 is 5.91 Å². The van der Waals surface area contributed by atoms with Crippen LogP contribution in [-0.4, -0.2) is 29.2 Å². The summed E-state index contributed by atoms with van der Waals surface area (Å²) in [5.74, 6) is -0.474. The number of hydrogen-bond acceptors (Lipinski definition) is 3. The van der Waals surface area contributed by atoms with Gasteiger partial charge in [0.25, 0.3) is 5.91 Å². The lowest BCUT2D eigenvalue weighted by Gasteiger charge is -2.21. The standard InChI is InChI=1S/C14H17N3O2/c1-15-9-3-5-13-11(7-9)10-6-8(14(18)17-19)2-4-12(10)16-13/h2,4,6,9,15-16,19H,3,5,7H2,1H3,(H,17,18)/t9-/m0/s1. The maximum atomic E-state index is 11.5. The second kappa shape index (κ2) is 4.68. The molecule has 0 unspecified atom stereocenters. The van der Waals surface area contributed by atoms with Gasteiger partial charge in [0, 0.05) is 28.2 Å². The van der Waals surface area contributed by atoms with Gasteiger partial charge in [0.15, 0.2) is 0 Å². The van der Waals surface area contributed by atoms with Gasteiger partial charge in [-0.25, -0.2) is 5.48 Å². The van der Waals surface area contributed by atoms with Crippen molar-refractivity contribution in [3.05, 3.63) is 35.0 Å². The Morgan fingerprint density at radius 1 is 1.47 bits per heavy atom. The Labute approximate surface area is 111 Å². The summed E-state index contributed by atoms with van der Waals surface area (Å²) in [6, 6.07) is 5.94. The third kappa shape index (κ3) is 2.01. The Morgan fingerprint density at radius 2 is 2.32 bits per heavy atom. The molecule has 0 bridgehead atoms. The summed E-state index contributed by atoms with van der Waals surface area (Å²) >= 11 is 0. The van der Waals surface area contributed by atoms with Crippen molar-refractivity contribution in [1.29, 1.82) is 0 Å². The third-order valence-electron chi connectivity index (χ3n) is 3.96. The molecular weight excluding hydrogens is 242 g/mol. The van der Waals surface area contributed by atoms with Crippen LogP contribution in [0.3, 0.4) is 0 Å². The third-order valence-corrected chi connectivity index (χ3v) is 3.96. The van der Waals surface area contributed by atoms with Gasteiger partial charge in [-0.15, -0.1) is 0 Å². The highest BCUT2D eigenvalue weighted by Crippen LogP contribution is 2.29. The minimum Gasteiger partial charge on any atom is -0.358 e. The molecule has 100 valence electrons. The molecule has 5 heteroatoms. The Bertz CT molecular complexity index is 633. The van der Waals surface area contributed by atoms with E-state index in [1.54, 1.807) is 11.5 Å². The second-order valence-corrected chi connectivity index (χ2v) is 5.01. The fourth-order valence-electron chi connectivity index (χ4n) is 2.87. The normalized spacial score (nSPS) is 18.3. The van der Waals surface area contributed by atoms with Gasteiger partial charge in [0.05, 0.1) is 0 Å². The van der Waals surface area contributed by atoms with Crippen molar-refractivity contribution in [3.8, 4) is 0 Å². The van der Waals surface area contributed by atoms with Crippen LogP contribution in [-0.2, 0) is 12.8 Å². The molecule has 2 aromatic rings. The smallest absolute Gasteiger partial charge is 0.274 e. The average molecular weight is 259 g/mol. The molecule has 1 aliphatic carbocycles. The van der Waals surface area contributed by atoms with Crippen LogP contribution >= 0.6 is 0 Å². The van der Waals surface area contributed by atoms with Gasteiger partial charge < -0.3 is 10.3 Å². The van der Waals surface area contributed by atoms with Crippen molar-refractivity contribution < 1.29 is 10.0 Å². The number of nitrogens with one attached hydrogen (secondary N) is 3. The number of carbonyl (C=O) groups excluding carboxylic acids is 1. The molecule has 3 rings (SSSR count). The molecule has 19 heavy (non-hydrogen) atoms. The maximum Gasteiger partial charge on any atom is 0.274 e. The van der Waals surface area contributed by atoms with Crippen LogP contribution in [0.25, 0.3) is 10.9 Å². The molecule has 0 fully saturated rings. The fraction of sp³-hybridized carbons (Fsp3) is 0.357. The van der Waals surface area contributed by atoms with Crippen LogP contribution < -0.4 is 10.8 Å². The van der Waals surface area contributed by atoms with Crippen LogP contribution in [0.4, 0.5) is 0 Å². The first-order chi connectivity index (χ1) is 9.22. The maximum absolute atomic E-state index is 11.5. The number of aryl methyl sites for hydroxylation is 1. The zero-order valence-electron chi connectivity index (χ0n) is 10.8. The van der Waals surface area contributed by atoms with Crippen molar-refractivity contribution in [1.82, 2.24) is 15.8 Å². The van der Waals surface area contributed by atoms with E-state index in [9.17, 15) is 4.79 Å². The van der Waals surface area contributed by atoms with E-state index in [4.69, 9.17) is 5.21 Å². The number of hydroxylamine groups is 1. The van der Waals surface area contributed by atoms with Crippen LogP contribution in [0, 0.1) is 0 Å². The summed E-state index contributed by atoms with van der Waals surface area (Å²) in [6.45, 7) is 0. The lowest BCUT2D eigenvalue weighted by atomic mass is 9.91. The predicted molar refractivity (Wildman–Crippen MR) is 72.4 cm³/mol. The quantitative estimate of drug-likeness (QED) is 0.486. The average Bonchev–Trinajstić information content (AvgIpc) is 2.83. The van der Waals surface area contributed by atoms with E-state index >= 15 is 0 Å². The van der Waals surface area contributed by atoms with E-state index in [-0.39, 0.29) is 0 Å². The number of amides is 1.